The normalized spacial score (nSPS) is 19.0. The molecule has 0 amide bonds. The van der Waals surface area contributed by atoms with Gasteiger partial charge >= 0.3 is 0 Å². The van der Waals surface area contributed by atoms with Gasteiger partial charge in [0, 0.05) is 53.4 Å². The summed E-state index contributed by atoms with van der Waals surface area (Å²) in [6.07, 6.45) is 3.51. The Hall–Kier alpha value is -3.11. The molecule has 3 aromatic rings. The van der Waals surface area contributed by atoms with Gasteiger partial charge in [-0.3, -0.25) is 4.79 Å². The first-order valence-corrected chi connectivity index (χ1v) is 13.4. The van der Waals surface area contributed by atoms with Crippen LogP contribution in [0.4, 0.5) is 11.6 Å². The van der Waals surface area contributed by atoms with Crippen molar-refractivity contribution in [3.05, 3.63) is 47.1 Å². The number of anilines is 2. The van der Waals surface area contributed by atoms with Crippen LogP contribution < -0.4 is 20.1 Å². The number of ether oxygens (including phenoxy) is 4. The smallest absolute Gasteiger partial charge is 0.155 e. The maximum absolute atomic E-state index is 11.9. The number of nitrogens with zero attached hydrogens (tertiary/aromatic N) is 2. The lowest BCUT2D eigenvalue weighted by molar-refractivity contribution is -0.115. The fraction of sp³-hybridized carbons (Fsp3) is 0.393. The van der Waals surface area contributed by atoms with Crippen molar-refractivity contribution < 1.29 is 23.7 Å². The highest BCUT2D eigenvalue weighted by atomic mass is 35.5. The van der Waals surface area contributed by atoms with Crippen molar-refractivity contribution in [2.75, 3.05) is 57.8 Å². The van der Waals surface area contributed by atoms with E-state index in [0.29, 0.717) is 89.7 Å². The second kappa shape index (κ2) is 12.0. The fourth-order valence-electron chi connectivity index (χ4n) is 4.73. The number of fused-ring (bicyclic) bond motifs is 1. The lowest BCUT2D eigenvalue weighted by Gasteiger charge is -2.26. The molecule has 0 saturated carbocycles. The molecule has 2 N–H and O–H groups in total. The molecule has 0 aliphatic carbocycles. The Kier molecular flexibility index (Phi) is 8.42. The Morgan fingerprint density at radius 1 is 1.10 bits per heavy atom. The third-order valence-corrected chi connectivity index (χ3v) is 7.78. The summed E-state index contributed by atoms with van der Waals surface area (Å²) in [6.45, 7) is 6.69. The molecule has 4 heterocycles. The number of aromatic nitrogens is 2. The van der Waals surface area contributed by atoms with Gasteiger partial charge in [0.25, 0.3) is 0 Å². The van der Waals surface area contributed by atoms with Gasteiger partial charge in [0.15, 0.2) is 5.78 Å². The summed E-state index contributed by atoms with van der Waals surface area (Å²) in [5.41, 5.74) is 1.06. The molecular formula is C28H30Cl2N4O5. The van der Waals surface area contributed by atoms with Crippen LogP contribution in [0, 0.1) is 11.8 Å². The van der Waals surface area contributed by atoms with E-state index >= 15 is 0 Å². The predicted octanol–water partition coefficient (Wildman–Crippen LogP) is 5.25. The van der Waals surface area contributed by atoms with Crippen LogP contribution in [0.25, 0.3) is 22.0 Å². The van der Waals surface area contributed by atoms with Gasteiger partial charge in [-0.15, -0.1) is 0 Å². The first-order chi connectivity index (χ1) is 18.9. The zero-order chi connectivity index (χ0) is 27.5. The molecule has 39 heavy (non-hydrogen) atoms. The number of benzene rings is 1. The highest BCUT2D eigenvalue weighted by Gasteiger charge is 2.30. The van der Waals surface area contributed by atoms with Gasteiger partial charge < -0.3 is 29.6 Å². The monoisotopic (exact) mass is 572 g/mol. The average molecular weight is 573 g/mol. The van der Waals surface area contributed by atoms with E-state index in [2.05, 4.69) is 22.2 Å². The highest BCUT2D eigenvalue weighted by Crippen LogP contribution is 2.46. The topological polar surface area (TPSA) is 104 Å². The molecule has 0 unspecified atom stereocenters. The molecule has 1 aromatic carbocycles. The Morgan fingerprint density at radius 2 is 1.82 bits per heavy atom. The summed E-state index contributed by atoms with van der Waals surface area (Å²) in [7, 11) is 3.07. The van der Waals surface area contributed by atoms with E-state index in [1.165, 1.54) is 20.3 Å². The quantitative estimate of drug-likeness (QED) is 0.298. The Balaban J connectivity index is 1.54. The lowest BCUT2D eigenvalue weighted by Crippen LogP contribution is -2.33. The summed E-state index contributed by atoms with van der Waals surface area (Å²) in [4.78, 5) is 21.5. The molecule has 0 radical (unpaired) electrons. The fourth-order valence-corrected chi connectivity index (χ4v) is 5.43. The van der Waals surface area contributed by atoms with Crippen molar-refractivity contribution >= 4 is 51.4 Å². The molecule has 5 rings (SSSR count). The van der Waals surface area contributed by atoms with Crippen molar-refractivity contribution in [2.24, 2.45) is 11.8 Å². The van der Waals surface area contributed by atoms with Gasteiger partial charge in [-0.1, -0.05) is 29.8 Å². The third-order valence-electron chi connectivity index (χ3n) is 7.03. The standard InChI is InChI=1S/C28H30Cl2N4O5/c1-4-18(35)5-17-13-39-14-21(17)33-24-7-19-16(10-31-24)6-20(34-28(19)32-9-15-11-38-12-15)25-26(29)22(36-2)8-23(37-3)27(25)30/h4,6-8,10,15,17,21H,1,5,9,11-14H2,2-3H3,(H,31,33)(H,32,34)/t17-,21+/m0/s1. The van der Waals surface area contributed by atoms with Crippen molar-refractivity contribution in [1.29, 1.82) is 0 Å². The maximum atomic E-state index is 11.9. The molecule has 9 nitrogen and oxygen atoms in total. The largest absolute Gasteiger partial charge is 0.495 e. The molecule has 0 bridgehead atoms. The van der Waals surface area contributed by atoms with Gasteiger partial charge in [-0.2, -0.15) is 0 Å². The predicted molar refractivity (Wildman–Crippen MR) is 152 cm³/mol. The number of hydrogen-bond acceptors (Lipinski definition) is 9. The van der Waals surface area contributed by atoms with E-state index < -0.39 is 0 Å². The van der Waals surface area contributed by atoms with Gasteiger partial charge in [0.1, 0.15) is 23.1 Å². The molecule has 2 aromatic heterocycles. The van der Waals surface area contributed by atoms with Crippen molar-refractivity contribution in [3.8, 4) is 22.8 Å². The molecule has 2 fully saturated rings. The van der Waals surface area contributed by atoms with E-state index in [0.717, 1.165) is 10.8 Å². The molecule has 2 aliphatic rings. The lowest BCUT2D eigenvalue weighted by atomic mass is 9.97. The minimum atomic E-state index is -0.0449. The zero-order valence-electron chi connectivity index (χ0n) is 21.8. The first-order valence-electron chi connectivity index (χ1n) is 12.6. The number of methoxy groups -OCH3 is 2. The summed E-state index contributed by atoms with van der Waals surface area (Å²) >= 11 is 13.4. The highest BCUT2D eigenvalue weighted by molar-refractivity contribution is 6.41. The van der Waals surface area contributed by atoms with E-state index in [1.807, 2.05) is 12.1 Å². The summed E-state index contributed by atoms with van der Waals surface area (Å²) < 4.78 is 21.9. The van der Waals surface area contributed by atoms with Crippen molar-refractivity contribution in [2.45, 2.75) is 12.5 Å². The van der Waals surface area contributed by atoms with Gasteiger partial charge in [0.2, 0.25) is 0 Å². The van der Waals surface area contributed by atoms with Gasteiger partial charge in [-0.25, -0.2) is 9.97 Å². The van der Waals surface area contributed by atoms with E-state index in [1.54, 1.807) is 12.3 Å². The molecule has 0 spiro atoms. The number of carbonyl (C=O) groups is 1. The van der Waals surface area contributed by atoms with Crippen molar-refractivity contribution in [3.63, 3.8) is 0 Å². The Labute approximate surface area is 236 Å². The van der Waals surface area contributed by atoms with Crippen LogP contribution in [0.2, 0.25) is 10.0 Å². The average Bonchev–Trinajstić information content (AvgIpc) is 3.34. The second-order valence-electron chi connectivity index (χ2n) is 9.64. The van der Waals surface area contributed by atoms with Gasteiger partial charge in [0.05, 0.1) is 62.4 Å². The second-order valence-corrected chi connectivity index (χ2v) is 10.4. The summed E-state index contributed by atoms with van der Waals surface area (Å²) in [5, 5.41) is 9.31. The molecule has 206 valence electrons. The number of ketones is 1. The number of pyridine rings is 2. The molecular weight excluding hydrogens is 543 g/mol. The number of carbonyl (C=O) groups excluding carboxylic acids is 1. The Bertz CT molecular complexity index is 1370. The van der Waals surface area contributed by atoms with Crippen LogP contribution in [0.3, 0.4) is 0 Å². The van der Waals surface area contributed by atoms with Crippen LogP contribution in [-0.4, -0.2) is 69.0 Å². The van der Waals surface area contributed by atoms with Gasteiger partial charge in [-0.05, 0) is 18.2 Å². The molecule has 2 saturated heterocycles. The summed E-state index contributed by atoms with van der Waals surface area (Å²) in [6, 6.07) is 5.44. The van der Waals surface area contributed by atoms with Crippen LogP contribution >= 0.6 is 23.2 Å². The Morgan fingerprint density at radius 3 is 2.46 bits per heavy atom. The first kappa shape index (κ1) is 27.5. The summed E-state index contributed by atoms with van der Waals surface area (Å²) in [5.74, 6) is 2.62. The minimum absolute atomic E-state index is 0.00143. The number of rotatable bonds is 11. The van der Waals surface area contributed by atoms with Crippen LogP contribution in [0.5, 0.6) is 11.5 Å². The number of allylic oxidation sites excluding steroid dienone is 1. The number of halogens is 2. The van der Waals surface area contributed by atoms with Crippen molar-refractivity contribution in [1.82, 2.24) is 9.97 Å². The number of nitrogens with one attached hydrogen (secondary N) is 2. The van der Waals surface area contributed by atoms with E-state index in [4.69, 9.17) is 47.1 Å². The number of hydrogen-bond donors (Lipinski definition) is 2. The van der Waals surface area contributed by atoms with Crippen LogP contribution in [-0.2, 0) is 14.3 Å². The zero-order valence-corrected chi connectivity index (χ0v) is 23.3. The minimum Gasteiger partial charge on any atom is -0.495 e. The maximum Gasteiger partial charge on any atom is 0.155 e. The molecule has 2 atom stereocenters. The van der Waals surface area contributed by atoms with E-state index in [9.17, 15) is 4.79 Å². The molecule has 11 heteroatoms. The molecule has 2 aliphatic heterocycles. The van der Waals surface area contributed by atoms with Crippen LogP contribution in [0.15, 0.2) is 37.1 Å². The van der Waals surface area contributed by atoms with E-state index in [-0.39, 0.29) is 17.7 Å². The SMILES string of the molecule is C=CC(=O)C[C@H]1COC[C@H]1Nc1cc2c(NCC3COC3)nc(-c3c(Cl)c(OC)cc(OC)c3Cl)cc2cn1. The van der Waals surface area contributed by atoms with Crippen LogP contribution in [0.1, 0.15) is 6.42 Å². The third kappa shape index (κ3) is 5.77.